The number of hydrogen-bond acceptors (Lipinski definition) is 7. The van der Waals surface area contributed by atoms with Crippen LogP contribution in [-0.4, -0.2) is 54.0 Å². The molecule has 32 heavy (non-hydrogen) atoms. The number of benzene rings is 2. The molecule has 0 aromatic heterocycles. The first-order valence-corrected chi connectivity index (χ1v) is 13.5. The Hall–Kier alpha value is -2.50. The fraction of sp³-hybridized carbons (Fsp3) is 0.429. The summed E-state index contributed by atoms with van der Waals surface area (Å²) in [5.74, 6) is 0.828. The summed E-state index contributed by atoms with van der Waals surface area (Å²) in [6.07, 6.45) is 0.813. The normalized spacial score (nSPS) is 13.8. The second-order valence-electron chi connectivity index (χ2n) is 7.13. The standard InChI is InChI=1S/C21H29N3O6S2/c1-4-11-22-18-9-7-17(32(27,28)24(5-2)6-3)14-19(18)23-31(25,26)16-8-10-20-21(15-16)30-13-12-29-20/h7-10,14-15,22-23H,4-6,11-13H2,1-3H3. The first-order chi connectivity index (χ1) is 15.2. The van der Waals surface area contributed by atoms with E-state index in [1.165, 1.54) is 28.6 Å². The minimum Gasteiger partial charge on any atom is -0.486 e. The van der Waals surface area contributed by atoms with Gasteiger partial charge in [0.25, 0.3) is 10.0 Å². The fourth-order valence-corrected chi connectivity index (χ4v) is 5.86. The minimum absolute atomic E-state index is 0.0137. The number of rotatable bonds is 10. The Balaban J connectivity index is 2.00. The third-order valence-electron chi connectivity index (χ3n) is 4.97. The molecule has 0 spiro atoms. The van der Waals surface area contributed by atoms with Crippen molar-refractivity contribution < 1.29 is 26.3 Å². The van der Waals surface area contributed by atoms with E-state index >= 15 is 0 Å². The molecule has 2 aromatic carbocycles. The van der Waals surface area contributed by atoms with E-state index in [1.807, 2.05) is 6.92 Å². The molecular formula is C21H29N3O6S2. The van der Waals surface area contributed by atoms with Gasteiger partial charge in [-0.15, -0.1) is 0 Å². The number of ether oxygens (including phenoxy) is 2. The van der Waals surface area contributed by atoms with Crippen LogP contribution in [0.5, 0.6) is 11.5 Å². The van der Waals surface area contributed by atoms with Crippen LogP contribution >= 0.6 is 0 Å². The minimum atomic E-state index is -4.02. The van der Waals surface area contributed by atoms with Crippen molar-refractivity contribution >= 4 is 31.4 Å². The SMILES string of the molecule is CCCNc1ccc(S(=O)(=O)N(CC)CC)cc1NS(=O)(=O)c1ccc2c(c1)OCCO2. The zero-order valence-corrected chi connectivity index (χ0v) is 20.1. The van der Waals surface area contributed by atoms with E-state index < -0.39 is 20.0 Å². The van der Waals surface area contributed by atoms with Gasteiger partial charge in [0.1, 0.15) is 13.2 Å². The Kier molecular flexibility index (Phi) is 7.52. The van der Waals surface area contributed by atoms with Gasteiger partial charge in [-0.05, 0) is 36.8 Å². The number of anilines is 2. The van der Waals surface area contributed by atoms with Crippen LogP contribution in [0.15, 0.2) is 46.2 Å². The number of hydrogen-bond donors (Lipinski definition) is 2. The van der Waals surface area contributed by atoms with Gasteiger partial charge in [-0.25, -0.2) is 16.8 Å². The molecule has 11 heteroatoms. The first kappa shape index (κ1) is 24.1. The van der Waals surface area contributed by atoms with E-state index in [0.29, 0.717) is 50.0 Å². The maximum absolute atomic E-state index is 13.1. The molecule has 0 saturated carbocycles. The highest BCUT2D eigenvalue weighted by molar-refractivity contribution is 7.92. The molecule has 1 aliphatic heterocycles. The Morgan fingerprint density at radius 2 is 1.50 bits per heavy atom. The van der Waals surface area contributed by atoms with Crippen LogP contribution < -0.4 is 19.5 Å². The molecular weight excluding hydrogens is 454 g/mol. The predicted octanol–water partition coefficient (Wildman–Crippen LogP) is 3.11. The Bertz CT molecular complexity index is 1160. The highest BCUT2D eigenvalue weighted by atomic mass is 32.2. The molecule has 2 N–H and O–H groups in total. The van der Waals surface area contributed by atoms with E-state index in [2.05, 4.69) is 10.0 Å². The van der Waals surface area contributed by atoms with Gasteiger partial charge in [0.05, 0.1) is 21.2 Å². The highest BCUT2D eigenvalue weighted by Crippen LogP contribution is 2.34. The molecule has 3 rings (SSSR count). The molecule has 1 heterocycles. The van der Waals surface area contributed by atoms with Crippen molar-refractivity contribution in [3.8, 4) is 11.5 Å². The van der Waals surface area contributed by atoms with Gasteiger partial charge in [-0.2, -0.15) is 4.31 Å². The van der Waals surface area contributed by atoms with Crippen LogP contribution in [0, 0.1) is 0 Å². The lowest BCUT2D eigenvalue weighted by Crippen LogP contribution is -2.30. The molecule has 0 aliphatic carbocycles. The van der Waals surface area contributed by atoms with Gasteiger partial charge in [0, 0.05) is 25.7 Å². The molecule has 0 saturated heterocycles. The first-order valence-electron chi connectivity index (χ1n) is 10.5. The van der Waals surface area contributed by atoms with Crippen LogP contribution in [0.25, 0.3) is 0 Å². The topological polar surface area (TPSA) is 114 Å². The molecule has 1 aliphatic rings. The van der Waals surface area contributed by atoms with Crippen LogP contribution in [0.4, 0.5) is 11.4 Å². The lowest BCUT2D eigenvalue weighted by molar-refractivity contribution is 0.171. The summed E-state index contributed by atoms with van der Waals surface area (Å²) >= 11 is 0. The van der Waals surface area contributed by atoms with E-state index in [-0.39, 0.29) is 15.5 Å². The van der Waals surface area contributed by atoms with Crippen LogP contribution in [0.3, 0.4) is 0 Å². The Labute approximate surface area is 189 Å². The Morgan fingerprint density at radius 3 is 2.16 bits per heavy atom. The van der Waals surface area contributed by atoms with Crippen LogP contribution in [0.2, 0.25) is 0 Å². The lowest BCUT2D eigenvalue weighted by atomic mass is 10.2. The third-order valence-corrected chi connectivity index (χ3v) is 8.38. The second-order valence-corrected chi connectivity index (χ2v) is 10.8. The number of sulfonamides is 2. The van der Waals surface area contributed by atoms with Crippen molar-refractivity contribution in [2.24, 2.45) is 0 Å². The summed E-state index contributed by atoms with van der Waals surface area (Å²) in [7, 11) is -7.78. The summed E-state index contributed by atoms with van der Waals surface area (Å²) in [5, 5.41) is 3.14. The summed E-state index contributed by atoms with van der Waals surface area (Å²) in [6.45, 7) is 7.44. The van der Waals surface area contributed by atoms with Gasteiger partial charge in [0.15, 0.2) is 11.5 Å². The molecule has 0 amide bonds. The van der Waals surface area contributed by atoms with E-state index in [0.717, 1.165) is 6.42 Å². The number of fused-ring (bicyclic) bond motifs is 1. The third kappa shape index (κ3) is 5.11. The summed E-state index contributed by atoms with van der Waals surface area (Å²) < 4.78 is 67.0. The van der Waals surface area contributed by atoms with Crippen LogP contribution in [0.1, 0.15) is 27.2 Å². The molecule has 0 unspecified atom stereocenters. The summed E-state index contributed by atoms with van der Waals surface area (Å²) in [4.78, 5) is 0.00307. The van der Waals surface area contributed by atoms with Crippen molar-refractivity contribution in [1.82, 2.24) is 4.31 Å². The highest BCUT2D eigenvalue weighted by Gasteiger charge is 2.25. The molecule has 0 bridgehead atoms. The largest absolute Gasteiger partial charge is 0.486 e. The average molecular weight is 484 g/mol. The zero-order valence-electron chi connectivity index (χ0n) is 18.4. The van der Waals surface area contributed by atoms with Crippen molar-refractivity contribution in [3.63, 3.8) is 0 Å². The van der Waals surface area contributed by atoms with Gasteiger partial charge in [-0.1, -0.05) is 20.8 Å². The smallest absolute Gasteiger partial charge is 0.262 e. The summed E-state index contributed by atoms with van der Waals surface area (Å²) in [6, 6.07) is 8.76. The zero-order chi connectivity index (χ0) is 23.4. The maximum atomic E-state index is 13.1. The van der Waals surface area contributed by atoms with E-state index in [4.69, 9.17) is 9.47 Å². The molecule has 176 valence electrons. The number of nitrogens with one attached hydrogen (secondary N) is 2. The van der Waals surface area contributed by atoms with Crippen molar-refractivity contribution in [2.45, 2.75) is 37.0 Å². The van der Waals surface area contributed by atoms with Gasteiger partial charge in [0.2, 0.25) is 10.0 Å². The molecule has 0 fully saturated rings. The maximum Gasteiger partial charge on any atom is 0.262 e. The van der Waals surface area contributed by atoms with E-state index in [1.54, 1.807) is 26.0 Å². The van der Waals surface area contributed by atoms with E-state index in [9.17, 15) is 16.8 Å². The van der Waals surface area contributed by atoms with Crippen molar-refractivity contribution in [2.75, 3.05) is 42.9 Å². The van der Waals surface area contributed by atoms with Crippen molar-refractivity contribution in [3.05, 3.63) is 36.4 Å². The quantitative estimate of drug-likeness (QED) is 0.534. The molecule has 2 aromatic rings. The molecule has 9 nitrogen and oxygen atoms in total. The van der Waals surface area contributed by atoms with Gasteiger partial charge >= 0.3 is 0 Å². The lowest BCUT2D eigenvalue weighted by Gasteiger charge is -2.21. The fourth-order valence-electron chi connectivity index (χ4n) is 3.29. The second kappa shape index (κ2) is 9.97. The van der Waals surface area contributed by atoms with Gasteiger partial charge < -0.3 is 14.8 Å². The van der Waals surface area contributed by atoms with Crippen molar-refractivity contribution in [1.29, 1.82) is 0 Å². The van der Waals surface area contributed by atoms with Gasteiger partial charge in [-0.3, -0.25) is 4.72 Å². The summed E-state index contributed by atoms with van der Waals surface area (Å²) in [5.41, 5.74) is 0.646. The molecule has 0 radical (unpaired) electrons. The van der Waals surface area contributed by atoms with Crippen LogP contribution in [-0.2, 0) is 20.0 Å². The predicted molar refractivity (Wildman–Crippen MR) is 124 cm³/mol. The monoisotopic (exact) mass is 483 g/mol. The molecule has 0 atom stereocenters. The number of nitrogens with zero attached hydrogens (tertiary/aromatic N) is 1. The average Bonchev–Trinajstić information content (AvgIpc) is 2.78. The Morgan fingerprint density at radius 1 is 0.844 bits per heavy atom.